The summed E-state index contributed by atoms with van der Waals surface area (Å²) in [5, 5.41) is 18.6. The van der Waals surface area contributed by atoms with E-state index in [2.05, 4.69) is 0 Å². The van der Waals surface area contributed by atoms with Gasteiger partial charge in [-0.25, -0.2) is 0 Å². The van der Waals surface area contributed by atoms with Crippen LogP contribution in [0.5, 0.6) is 11.5 Å². The lowest BCUT2D eigenvalue weighted by atomic mass is 9.93. The van der Waals surface area contributed by atoms with E-state index in [0.29, 0.717) is 50.0 Å². The third-order valence-electron chi connectivity index (χ3n) is 6.59. The summed E-state index contributed by atoms with van der Waals surface area (Å²) in [5.74, 6) is -4.92. The van der Waals surface area contributed by atoms with E-state index in [9.17, 15) is 39.0 Å². The van der Waals surface area contributed by atoms with E-state index < -0.39 is 47.7 Å². The predicted octanol–water partition coefficient (Wildman–Crippen LogP) is 4.91. The fourth-order valence-electron chi connectivity index (χ4n) is 4.70. The van der Waals surface area contributed by atoms with Crippen molar-refractivity contribution in [2.45, 2.75) is 78.1 Å². The van der Waals surface area contributed by atoms with E-state index in [1.165, 1.54) is 13.8 Å². The van der Waals surface area contributed by atoms with Gasteiger partial charge in [0.05, 0.1) is 0 Å². The van der Waals surface area contributed by atoms with Gasteiger partial charge < -0.3 is 24.4 Å². The first-order valence-electron chi connectivity index (χ1n) is 14.1. The van der Waals surface area contributed by atoms with Gasteiger partial charge >= 0.3 is 35.8 Å². The molecule has 232 valence electrons. The molecular weight excluding hydrogens is 560 g/mol. The maximum atomic E-state index is 12.5. The summed E-state index contributed by atoms with van der Waals surface area (Å²) in [6.07, 6.45) is 2.16. The number of carbonyl (C=O) groups excluding carboxylic acids is 4. The van der Waals surface area contributed by atoms with Crippen LogP contribution in [0.15, 0.2) is 48.5 Å². The molecular formula is C32H38O11. The zero-order chi connectivity index (χ0) is 31.8. The van der Waals surface area contributed by atoms with E-state index >= 15 is 0 Å². The van der Waals surface area contributed by atoms with Gasteiger partial charge in [-0.05, 0) is 85.8 Å². The van der Waals surface area contributed by atoms with Gasteiger partial charge in [0.25, 0.3) is 0 Å². The molecule has 0 aromatic heterocycles. The molecule has 0 radical (unpaired) electrons. The summed E-state index contributed by atoms with van der Waals surface area (Å²) in [6.45, 7) is 2.62. The first kappa shape index (κ1) is 34.7. The minimum absolute atomic E-state index is 0.254. The number of carbonyl (C=O) groups is 6. The van der Waals surface area contributed by atoms with Gasteiger partial charge in [-0.1, -0.05) is 24.3 Å². The Bertz CT molecular complexity index is 1150. The van der Waals surface area contributed by atoms with Crippen LogP contribution in [0.2, 0.25) is 0 Å². The molecule has 11 heteroatoms. The van der Waals surface area contributed by atoms with Crippen LogP contribution in [0.4, 0.5) is 0 Å². The average Bonchev–Trinajstić information content (AvgIpc) is 2.89. The molecule has 11 nitrogen and oxygen atoms in total. The molecule has 2 atom stereocenters. The number of esters is 4. The highest BCUT2D eigenvalue weighted by Gasteiger charge is 2.23. The molecule has 2 aromatic carbocycles. The van der Waals surface area contributed by atoms with Crippen molar-refractivity contribution in [3.8, 4) is 11.5 Å². The fourth-order valence-corrected chi connectivity index (χ4v) is 4.70. The molecule has 0 fully saturated rings. The second-order valence-electron chi connectivity index (χ2n) is 10.4. The smallest absolute Gasteiger partial charge is 0.313 e. The van der Waals surface area contributed by atoms with E-state index in [1.54, 1.807) is 48.5 Å². The van der Waals surface area contributed by atoms with Crippen LogP contribution in [0.25, 0.3) is 0 Å². The number of rotatable bonds is 18. The lowest BCUT2D eigenvalue weighted by molar-refractivity contribution is -0.161. The van der Waals surface area contributed by atoms with Gasteiger partial charge in [0.15, 0.2) is 0 Å². The fraction of sp³-hybridized carbons (Fsp3) is 0.438. The van der Waals surface area contributed by atoms with Crippen molar-refractivity contribution >= 4 is 35.8 Å². The summed E-state index contributed by atoms with van der Waals surface area (Å²) in [6, 6.07) is 13.8. The summed E-state index contributed by atoms with van der Waals surface area (Å²) < 4.78 is 14.9. The van der Waals surface area contributed by atoms with Crippen molar-refractivity contribution in [3.05, 3.63) is 59.7 Å². The number of aliphatic carboxylic acids is 2. The molecule has 43 heavy (non-hydrogen) atoms. The van der Waals surface area contributed by atoms with E-state index in [1.807, 2.05) is 0 Å². The molecule has 0 saturated heterocycles. The molecule has 0 bridgehead atoms. The number of benzene rings is 2. The largest absolute Gasteiger partial charge is 0.481 e. The molecule has 0 aliphatic heterocycles. The Morgan fingerprint density at radius 2 is 0.930 bits per heavy atom. The Morgan fingerprint density at radius 1 is 0.581 bits per heavy atom. The second kappa shape index (κ2) is 18.1. The zero-order valence-electron chi connectivity index (χ0n) is 24.4. The molecule has 0 spiro atoms. The van der Waals surface area contributed by atoms with Crippen LogP contribution in [-0.4, -0.2) is 46.0 Å². The van der Waals surface area contributed by atoms with Gasteiger partial charge in [-0.2, -0.15) is 0 Å². The highest BCUT2D eigenvalue weighted by molar-refractivity contribution is 5.86. The molecule has 0 aliphatic carbocycles. The molecule has 0 heterocycles. The van der Waals surface area contributed by atoms with Crippen molar-refractivity contribution in [2.75, 3.05) is 0 Å². The maximum absolute atomic E-state index is 12.5. The van der Waals surface area contributed by atoms with Crippen molar-refractivity contribution in [3.63, 3.8) is 0 Å². The summed E-state index contributed by atoms with van der Waals surface area (Å²) in [5.41, 5.74) is 1.90. The average molecular weight is 599 g/mol. The number of ether oxygens (including phenoxy) is 3. The topological polar surface area (TPSA) is 171 Å². The van der Waals surface area contributed by atoms with E-state index in [-0.39, 0.29) is 25.7 Å². The summed E-state index contributed by atoms with van der Waals surface area (Å²) >= 11 is 0. The second-order valence-corrected chi connectivity index (χ2v) is 10.4. The maximum Gasteiger partial charge on any atom is 0.313 e. The normalized spacial score (nSPS) is 12.0. The Labute approximate surface area is 250 Å². The highest BCUT2D eigenvalue weighted by Crippen LogP contribution is 2.23. The number of carboxylic acids is 2. The lowest BCUT2D eigenvalue weighted by Crippen LogP contribution is -2.21. The van der Waals surface area contributed by atoms with Crippen molar-refractivity contribution in [1.82, 2.24) is 0 Å². The third kappa shape index (κ3) is 15.3. The number of hydrogen-bond donors (Lipinski definition) is 2. The van der Waals surface area contributed by atoms with Gasteiger partial charge in [-0.3, -0.25) is 28.8 Å². The summed E-state index contributed by atoms with van der Waals surface area (Å²) in [4.78, 5) is 69.7. The first-order valence-corrected chi connectivity index (χ1v) is 14.1. The van der Waals surface area contributed by atoms with Gasteiger partial charge in [0.1, 0.15) is 11.5 Å². The van der Waals surface area contributed by atoms with E-state index in [4.69, 9.17) is 14.2 Å². The Kier molecular flexibility index (Phi) is 14.6. The Hall–Kier alpha value is -4.54. The van der Waals surface area contributed by atoms with Crippen molar-refractivity contribution in [2.24, 2.45) is 11.8 Å². The van der Waals surface area contributed by atoms with Gasteiger partial charge in [0, 0.05) is 39.5 Å². The monoisotopic (exact) mass is 598 g/mol. The number of aryl methyl sites for hydroxylation is 2. The molecule has 2 N–H and O–H groups in total. The molecule has 0 saturated carbocycles. The van der Waals surface area contributed by atoms with Crippen molar-refractivity contribution in [1.29, 1.82) is 0 Å². The minimum Gasteiger partial charge on any atom is -0.481 e. The van der Waals surface area contributed by atoms with Crippen LogP contribution in [0.1, 0.15) is 76.3 Å². The quantitative estimate of drug-likeness (QED) is 0.136. The zero-order valence-corrected chi connectivity index (χ0v) is 24.4. The Morgan fingerprint density at radius 3 is 1.23 bits per heavy atom. The van der Waals surface area contributed by atoms with Crippen molar-refractivity contribution < 1.29 is 53.2 Å². The van der Waals surface area contributed by atoms with E-state index in [0.717, 1.165) is 11.1 Å². The lowest BCUT2D eigenvalue weighted by Gasteiger charge is -2.16. The van der Waals surface area contributed by atoms with Gasteiger partial charge in [-0.15, -0.1) is 0 Å². The number of carboxylic acid groups (broad SMARTS) is 2. The molecule has 2 rings (SSSR count). The highest BCUT2D eigenvalue weighted by atomic mass is 16.6. The van der Waals surface area contributed by atoms with Crippen LogP contribution < -0.4 is 9.47 Å². The van der Waals surface area contributed by atoms with Crippen LogP contribution in [0.3, 0.4) is 0 Å². The summed E-state index contributed by atoms with van der Waals surface area (Å²) in [7, 11) is 0. The first-order chi connectivity index (χ1) is 20.4. The van der Waals surface area contributed by atoms with Crippen LogP contribution >= 0.6 is 0 Å². The predicted molar refractivity (Wildman–Crippen MR) is 153 cm³/mol. The minimum atomic E-state index is -1.07. The molecule has 2 unspecified atom stereocenters. The standard InChI is InChI=1S/C32H38O11/c1-21(33)41-27-13-9-23(10-14-27)5-3-7-25(17-29(35)36)19-31(39)43-32(40)20-26(18-30(37)38)8-4-6-24-11-15-28(16-12-24)42-22(2)34/h9-16,25-26H,3-8,17-20H2,1-2H3,(H,35,36)(H,37,38). The van der Waals surface area contributed by atoms with Crippen LogP contribution in [0, 0.1) is 11.8 Å². The third-order valence-corrected chi connectivity index (χ3v) is 6.59. The number of hydrogen-bond acceptors (Lipinski definition) is 9. The molecule has 0 amide bonds. The van der Waals surface area contributed by atoms with Gasteiger partial charge in [0.2, 0.25) is 0 Å². The molecule has 2 aromatic rings. The Balaban J connectivity index is 1.83. The van der Waals surface area contributed by atoms with Crippen LogP contribution in [-0.2, 0) is 46.3 Å². The SMILES string of the molecule is CC(=O)Oc1ccc(CCCC(CC(=O)O)CC(=O)OC(=O)CC(CCCc2ccc(OC(C)=O)cc2)CC(=O)O)cc1. The molecule has 0 aliphatic rings.